The van der Waals surface area contributed by atoms with Crippen LogP contribution in [0.3, 0.4) is 0 Å². The molecule has 5 nitrogen and oxygen atoms in total. The maximum atomic E-state index is 6.31. The van der Waals surface area contributed by atoms with E-state index in [-0.39, 0.29) is 0 Å². The van der Waals surface area contributed by atoms with Gasteiger partial charge in [-0.3, -0.25) is 0 Å². The fourth-order valence-electron chi connectivity index (χ4n) is 2.30. The van der Waals surface area contributed by atoms with Crippen molar-refractivity contribution in [3.8, 4) is 11.3 Å². The van der Waals surface area contributed by atoms with E-state index in [9.17, 15) is 0 Å². The lowest BCUT2D eigenvalue weighted by molar-refractivity contribution is 0.197. The van der Waals surface area contributed by atoms with Crippen molar-refractivity contribution >= 4 is 39.0 Å². The zero-order valence-electron chi connectivity index (χ0n) is 14.6. The van der Waals surface area contributed by atoms with E-state index in [2.05, 4.69) is 31.3 Å². The maximum Gasteiger partial charge on any atom is 0.172 e. The van der Waals surface area contributed by atoms with Gasteiger partial charge in [0.05, 0.1) is 16.4 Å². The van der Waals surface area contributed by atoms with E-state index in [1.54, 1.807) is 17.8 Å². The van der Waals surface area contributed by atoms with Gasteiger partial charge in [0.2, 0.25) is 0 Å². The number of methoxy groups -OCH3 is 1. The van der Waals surface area contributed by atoms with Gasteiger partial charge in [-0.05, 0) is 28.4 Å². The minimum Gasteiger partial charge on any atom is -0.385 e. The predicted molar refractivity (Wildman–Crippen MR) is 107 cm³/mol. The Bertz CT molecular complexity index is 822. The molecule has 134 valence electrons. The summed E-state index contributed by atoms with van der Waals surface area (Å²) in [4.78, 5) is 4.68. The first-order valence-electron chi connectivity index (χ1n) is 8.22. The molecule has 0 saturated heterocycles. The number of hydrogen-bond donors (Lipinski definition) is 1. The van der Waals surface area contributed by atoms with Gasteiger partial charge < -0.3 is 10.1 Å². The third-order valence-electron chi connectivity index (χ3n) is 3.41. The van der Waals surface area contributed by atoms with E-state index in [4.69, 9.17) is 16.3 Å². The molecule has 0 unspecified atom stereocenters. The molecule has 0 fully saturated rings. The molecule has 0 aliphatic carbocycles. The summed E-state index contributed by atoms with van der Waals surface area (Å²) in [5, 5.41) is 8.41. The summed E-state index contributed by atoms with van der Waals surface area (Å²) in [5.41, 5.74) is 2.44. The highest BCUT2D eigenvalue weighted by Crippen LogP contribution is 2.30. The van der Waals surface area contributed by atoms with Crippen molar-refractivity contribution < 1.29 is 4.74 Å². The first-order chi connectivity index (χ1) is 12.2. The van der Waals surface area contributed by atoms with E-state index in [0.29, 0.717) is 11.6 Å². The number of nitrogens with one attached hydrogen (secondary N) is 1. The number of aromatic nitrogens is 3. The molecule has 2 heterocycles. The second-order valence-corrected chi connectivity index (χ2v) is 6.27. The van der Waals surface area contributed by atoms with Crippen LogP contribution in [0.4, 0.5) is 5.82 Å². The lowest BCUT2D eigenvalue weighted by Crippen LogP contribution is -2.09. The molecule has 0 atom stereocenters. The molecule has 0 aliphatic rings. The molecule has 0 aliphatic heterocycles. The Hall–Kier alpha value is -1.63. The van der Waals surface area contributed by atoms with Crippen molar-refractivity contribution in [3.05, 3.63) is 46.0 Å². The number of halogens is 2. The zero-order valence-corrected chi connectivity index (χ0v) is 16.9. The molecule has 0 spiro atoms. The van der Waals surface area contributed by atoms with Crippen LogP contribution in [-0.4, -0.2) is 34.9 Å². The van der Waals surface area contributed by atoms with Crippen molar-refractivity contribution in [3.63, 3.8) is 0 Å². The molecular weight excluding hydrogens is 404 g/mol. The van der Waals surface area contributed by atoms with E-state index in [1.807, 2.05) is 44.2 Å². The quantitative estimate of drug-likeness (QED) is 0.545. The Morgan fingerprint density at radius 2 is 2.04 bits per heavy atom. The normalized spacial score (nSPS) is 10.4. The number of ether oxygens (including phenoxy) is 1. The van der Waals surface area contributed by atoms with Crippen LogP contribution in [0.1, 0.15) is 20.3 Å². The summed E-state index contributed by atoms with van der Waals surface area (Å²) in [6, 6.07) is 9.63. The van der Waals surface area contributed by atoms with Crippen LogP contribution in [0.15, 0.2) is 41.0 Å². The second kappa shape index (κ2) is 9.75. The average molecular weight is 426 g/mol. The van der Waals surface area contributed by atoms with Crippen molar-refractivity contribution in [2.75, 3.05) is 25.6 Å². The number of rotatable bonds is 6. The molecule has 3 rings (SSSR count). The van der Waals surface area contributed by atoms with Gasteiger partial charge in [-0.2, -0.15) is 9.61 Å². The second-order valence-electron chi connectivity index (χ2n) is 5.01. The summed E-state index contributed by atoms with van der Waals surface area (Å²) < 4.78 is 7.69. The van der Waals surface area contributed by atoms with Crippen molar-refractivity contribution in [1.82, 2.24) is 14.6 Å². The Morgan fingerprint density at radius 1 is 1.28 bits per heavy atom. The minimum atomic E-state index is 0.672. The lowest BCUT2D eigenvalue weighted by Gasteiger charge is -2.11. The number of anilines is 1. The van der Waals surface area contributed by atoms with Crippen LogP contribution in [0.5, 0.6) is 0 Å². The molecule has 25 heavy (non-hydrogen) atoms. The van der Waals surface area contributed by atoms with Crippen molar-refractivity contribution in [2.24, 2.45) is 0 Å². The smallest absolute Gasteiger partial charge is 0.172 e. The molecule has 1 N–H and O–H groups in total. The first kappa shape index (κ1) is 19.7. The summed E-state index contributed by atoms with van der Waals surface area (Å²) in [6.07, 6.45) is 2.64. The number of fused-ring (bicyclic) bond motifs is 1. The van der Waals surface area contributed by atoms with Crippen molar-refractivity contribution in [1.29, 1.82) is 0 Å². The first-order valence-corrected chi connectivity index (χ1v) is 9.40. The largest absolute Gasteiger partial charge is 0.385 e. The minimum absolute atomic E-state index is 0.672. The molecule has 0 amide bonds. The van der Waals surface area contributed by atoms with Gasteiger partial charge in [-0.15, -0.1) is 0 Å². The van der Waals surface area contributed by atoms with Gasteiger partial charge in [-0.25, -0.2) is 4.98 Å². The predicted octanol–water partition coefficient (Wildman–Crippen LogP) is 5.29. The molecule has 2 aromatic heterocycles. The fourth-order valence-corrected chi connectivity index (χ4v) is 2.88. The summed E-state index contributed by atoms with van der Waals surface area (Å²) in [7, 11) is 1.70. The molecule has 0 bridgehead atoms. The molecular formula is C18H22BrClN4O. The topological polar surface area (TPSA) is 51.5 Å². The van der Waals surface area contributed by atoms with E-state index in [0.717, 1.165) is 40.2 Å². The monoisotopic (exact) mass is 424 g/mol. The SMILES string of the molecule is CC.COCCCNc1cc(-c2ccccc2Cl)nc2c(Br)cnn12. The number of benzene rings is 1. The maximum absolute atomic E-state index is 6.31. The average Bonchev–Trinajstić information content (AvgIpc) is 3.02. The van der Waals surface area contributed by atoms with Crippen LogP contribution in [-0.2, 0) is 4.74 Å². The van der Waals surface area contributed by atoms with Gasteiger partial charge in [0.1, 0.15) is 5.82 Å². The van der Waals surface area contributed by atoms with Crippen LogP contribution in [0, 0.1) is 0 Å². The van der Waals surface area contributed by atoms with Gasteiger partial charge in [0.15, 0.2) is 5.65 Å². The van der Waals surface area contributed by atoms with Gasteiger partial charge in [0.25, 0.3) is 0 Å². The van der Waals surface area contributed by atoms with Crippen LogP contribution in [0.2, 0.25) is 5.02 Å². The van der Waals surface area contributed by atoms with Crippen LogP contribution in [0.25, 0.3) is 16.9 Å². The standard InChI is InChI=1S/C16H16BrClN4O.C2H6/c1-23-8-4-7-19-15-9-14(11-5-2-3-6-13(11)18)21-16-12(17)10-20-22(15)16;1-2/h2-3,5-6,9-10,19H,4,7-8H2,1H3;1-2H3. The zero-order chi connectivity index (χ0) is 18.2. The molecule has 1 aromatic carbocycles. The number of nitrogens with zero attached hydrogens (tertiary/aromatic N) is 3. The number of hydrogen-bond acceptors (Lipinski definition) is 4. The van der Waals surface area contributed by atoms with Gasteiger partial charge >= 0.3 is 0 Å². The lowest BCUT2D eigenvalue weighted by atomic mass is 10.1. The van der Waals surface area contributed by atoms with Gasteiger partial charge in [0, 0.05) is 36.9 Å². The Kier molecular flexibility index (Phi) is 7.68. The highest BCUT2D eigenvalue weighted by molar-refractivity contribution is 9.10. The van der Waals surface area contributed by atoms with E-state index >= 15 is 0 Å². The summed E-state index contributed by atoms with van der Waals surface area (Å²) in [5.74, 6) is 0.867. The Balaban J connectivity index is 0.00000109. The molecule has 3 aromatic rings. The highest BCUT2D eigenvalue weighted by atomic mass is 79.9. The highest BCUT2D eigenvalue weighted by Gasteiger charge is 2.12. The molecule has 0 saturated carbocycles. The summed E-state index contributed by atoms with van der Waals surface area (Å²) in [6.45, 7) is 5.49. The molecule has 7 heteroatoms. The Labute approximate surface area is 161 Å². The summed E-state index contributed by atoms with van der Waals surface area (Å²) >= 11 is 9.80. The fraction of sp³-hybridized carbons (Fsp3) is 0.333. The third kappa shape index (κ3) is 4.71. The van der Waals surface area contributed by atoms with E-state index < -0.39 is 0 Å². The van der Waals surface area contributed by atoms with Gasteiger partial charge in [-0.1, -0.05) is 43.6 Å². The van der Waals surface area contributed by atoms with Crippen LogP contribution >= 0.6 is 27.5 Å². The molecule has 0 radical (unpaired) electrons. The van der Waals surface area contributed by atoms with E-state index in [1.165, 1.54) is 0 Å². The van der Waals surface area contributed by atoms with Crippen molar-refractivity contribution in [2.45, 2.75) is 20.3 Å². The Morgan fingerprint density at radius 3 is 2.76 bits per heavy atom. The third-order valence-corrected chi connectivity index (χ3v) is 4.30. The van der Waals surface area contributed by atoms with Crippen LogP contribution < -0.4 is 5.32 Å².